The molecule has 2 aromatic rings. The Morgan fingerprint density at radius 2 is 2.12 bits per heavy atom. The number of hydrogen-bond donors (Lipinski definition) is 0. The number of carbonyl (C=O) groups is 1. The Morgan fingerprint density at radius 3 is 2.76 bits per heavy atom. The van der Waals surface area contributed by atoms with Crippen LogP contribution in [-0.2, 0) is 11.3 Å². The van der Waals surface area contributed by atoms with Gasteiger partial charge < -0.3 is 4.90 Å². The van der Waals surface area contributed by atoms with Crippen LogP contribution in [0.2, 0.25) is 5.02 Å². The number of benzene rings is 1. The minimum Gasteiger partial charge on any atom is -0.337 e. The summed E-state index contributed by atoms with van der Waals surface area (Å²) in [5.41, 5.74) is 1.33. The van der Waals surface area contributed by atoms with Gasteiger partial charge in [-0.3, -0.25) is 9.69 Å². The molecule has 7 heteroatoms. The first-order valence-electron chi connectivity index (χ1n) is 8.07. The molecule has 0 unspecified atom stereocenters. The largest absolute Gasteiger partial charge is 0.337 e. The summed E-state index contributed by atoms with van der Waals surface area (Å²) in [5.74, 6) is -0.304. The number of amides is 1. The number of thiazole rings is 1. The van der Waals surface area contributed by atoms with E-state index in [-0.39, 0.29) is 11.7 Å². The highest BCUT2D eigenvalue weighted by Gasteiger charge is 2.21. The fraction of sp³-hybridized carbons (Fsp3) is 0.333. The third-order valence-corrected chi connectivity index (χ3v) is 5.31. The predicted octanol–water partition coefficient (Wildman–Crippen LogP) is 3.60. The molecule has 3 rings (SSSR count). The summed E-state index contributed by atoms with van der Waals surface area (Å²) in [5, 5.41) is 3.35. The van der Waals surface area contributed by atoms with E-state index in [1.807, 2.05) is 12.3 Å². The first-order valence-corrected chi connectivity index (χ1v) is 9.33. The fourth-order valence-corrected chi connectivity index (χ4v) is 3.56. The zero-order valence-corrected chi connectivity index (χ0v) is 15.5. The van der Waals surface area contributed by atoms with Crippen LogP contribution >= 0.6 is 22.9 Å². The van der Waals surface area contributed by atoms with Crippen molar-refractivity contribution in [2.75, 3.05) is 26.2 Å². The van der Waals surface area contributed by atoms with Crippen molar-refractivity contribution in [3.63, 3.8) is 0 Å². The van der Waals surface area contributed by atoms with Gasteiger partial charge in [0.25, 0.3) is 0 Å². The Labute approximate surface area is 155 Å². The van der Waals surface area contributed by atoms with Crippen molar-refractivity contribution in [1.29, 1.82) is 0 Å². The molecule has 4 nitrogen and oxygen atoms in total. The first-order chi connectivity index (χ1) is 12.0. The maximum Gasteiger partial charge on any atom is 0.246 e. The molecule has 1 fully saturated rings. The lowest BCUT2D eigenvalue weighted by molar-refractivity contribution is -0.127. The monoisotopic (exact) mass is 379 g/mol. The third-order valence-electron chi connectivity index (χ3n) is 4.16. The number of hydrogen-bond acceptors (Lipinski definition) is 4. The van der Waals surface area contributed by atoms with E-state index in [1.165, 1.54) is 6.07 Å². The van der Waals surface area contributed by atoms with Crippen molar-refractivity contribution >= 4 is 34.9 Å². The molecule has 1 saturated heterocycles. The SMILES string of the molecule is Cc1nc(/C=C/C(=O)N2CCN(Cc3c(F)cccc3Cl)CC2)cs1. The smallest absolute Gasteiger partial charge is 0.246 e. The summed E-state index contributed by atoms with van der Waals surface area (Å²) in [6.07, 6.45) is 3.31. The molecular formula is C18H19ClFN3OS. The Kier molecular flexibility index (Phi) is 5.83. The van der Waals surface area contributed by atoms with Gasteiger partial charge in [-0.2, -0.15) is 0 Å². The van der Waals surface area contributed by atoms with Gasteiger partial charge in [0.2, 0.25) is 5.91 Å². The van der Waals surface area contributed by atoms with Gasteiger partial charge in [-0.05, 0) is 25.1 Å². The Hall–Kier alpha value is -1.76. The predicted molar refractivity (Wildman–Crippen MR) is 99.2 cm³/mol. The van der Waals surface area contributed by atoms with Crippen LogP contribution in [0.15, 0.2) is 29.7 Å². The van der Waals surface area contributed by atoms with Crippen LogP contribution in [-0.4, -0.2) is 46.9 Å². The van der Waals surface area contributed by atoms with E-state index >= 15 is 0 Å². The van der Waals surface area contributed by atoms with E-state index in [1.54, 1.807) is 40.5 Å². The van der Waals surface area contributed by atoms with Gasteiger partial charge in [-0.25, -0.2) is 9.37 Å². The second-order valence-electron chi connectivity index (χ2n) is 5.93. The van der Waals surface area contributed by atoms with E-state index in [0.717, 1.165) is 10.7 Å². The molecule has 25 heavy (non-hydrogen) atoms. The molecule has 1 aliphatic heterocycles. The van der Waals surface area contributed by atoms with Crippen molar-refractivity contribution in [3.8, 4) is 0 Å². The fourth-order valence-electron chi connectivity index (χ4n) is 2.75. The highest BCUT2D eigenvalue weighted by atomic mass is 35.5. The molecule has 1 amide bonds. The minimum atomic E-state index is -0.285. The zero-order valence-electron chi connectivity index (χ0n) is 13.9. The summed E-state index contributed by atoms with van der Waals surface area (Å²) in [4.78, 5) is 20.5. The maximum absolute atomic E-state index is 13.9. The Morgan fingerprint density at radius 1 is 1.36 bits per heavy atom. The van der Waals surface area contributed by atoms with Crippen LogP contribution in [0.25, 0.3) is 6.08 Å². The van der Waals surface area contributed by atoms with Gasteiger partial charge in [-0.15, -0.1) is 11.3 Å². The number of piperazine rings is 1. The summed E-state index contributed by atoms with van der Waals surface area (Å²) >= 11 is 7.64. The summed E-state index contributed by atoms with van der Waals surface area (Å²) in [6, 6.07) is 4.73. The molecule has 0 bridgehead atoms. The van der Waals surface area contributed by atoms with E-state index in [9.17, 15) is 9.18 Å². The van der Waals surface area contributed by atoms with Crippen LogP contribution in [0.5, 0.6) is 0 Å². The van der Waals surface area contributed by atoms with Crippen molar-refractivity contribution in [2.24, 2.45) is 0 Å². The summed E-state index contributed by atoms with van der Waals surface area (Å²) < 4.78 is 13.9. The lowest BCUT2D eigenvalue weighted by atomic mass is 10.2. The van der Waals surface area contributed by atoms with Gasteiger partial charge in [0.1, 0.15) is 5.82 Å². The van der Waals surface area contributed by atoms with Gasteiger partial charge in [-0.1, -0.05) is 17.7 Å². The second kappa shape index (κ2) is 8.08. The molecule has 0 N–H and O–H groups in total. The van der Waals surface area contributed by atoms with Gasteiger partial charge in [0.05, 0.1) is 10.7 Å². The Balaban J connectivity index is 1.53. The van der Waals surface area contributed by atoms with E-state index in [0.29, 0.717) is 43.3 Å². The first kappa shape index (κ1) is 18.0. The molecule has 0 saturated carbocycles. The van der Waals surface area contributed by atoms with Crippen molar-refractivity contribution in [3.05, 3.63) is 56.8 Å². The lowest BCUT2D eigenvalue weighted by Gasteiger charge is -2.34. The van der Waals surface area contributed by atoms with Gasteiger partial charge in [0.15, 0.2) is 0 Å². The van der Waals surface area contributed by atoms with Gasteiger partial charge >= 0.3 is 0 Å². The molecule has 0 spiro atoms. The van der Waals surface area contributed by atoms with Crippen LogP contribution in [0.3, 0.4) is 0 Å². The highest BCUT2D eigenvalue weighted by Crippen LogP contribution is 2.21. The average molecular weight is 380 g/mol. The van der Waals surface area contributed by atoms with E-state index < -0.39 is 0 Å². The number of rotatable bonds is 4. The number of nitrogens with zero attached hydrogens (tertiary/aromatic N) is 3. The van der Waals surface area contributed by atoms with E-state index in [4.69, 9.17) is 11.6 Å². The Bertz CT molecular complexity index is 764. The molecule has 1 aromatic carbocycles. The summed E-state index contributed by atoms with van der Waals surface area (Å²) in [6.45, 7) is 5.02. The van der Waals surface area contributed by atoms with Crippen LogP contribution in [0.1, 0.15) is 16.3 Å². The normalized spacial score (nSPS) is 15.9. The van der Waals surface area contributed by atoms with Crippen molar-refractivity contribution < 1.29 is 9.18 Å². The highest BCUT2D eigenvalue weighted by molar-refractivity contribution is 7.09. The molecule has 0 radical (unpaired) electrons. The average Bonchev–Trinajstić information content (AvgIpc) is 3.02. The maximum atomic E-state index is 13.9. The van der Waals surface area contributed by atoms with E-state index in [2.05, 4.69) is 9.88 Å². The number of carbonyl (C=O) groups excluding carboxylic acids is 1. The van der Waals surface area contributed by atoms with Gasteiger partial charge in [0, 0.05) is 54.8 Å². The molecule has 1 aromatic heterocycles. The minimum absolute atomic E-state index is 0.0192. The number of halogens is 2. The molecule has 2 heterocycles. The summed E-state index contributed by atoms with van der Waals surface area (Å²) in [7, 11) is 0. The molecule has 1 aliphatic rings. The standard InChI is InChI=1S/C18H19ClFN3OS/c1-13-21-14(12-25-13)5-6-18(24)23-9-7-22(8-10-23)11-15-16(19)3-2-4-17(15)20/h2-6,12H,7-11H2,1H3/b6-5+. The lowest BCUT2D eigenvalue weighted by Crippen LogP contribution is -2.47. The molecule has 0 atom stereocenters. The van der Waals surface area contributed by atoms with Crippen molar-refractivity contribution in [2.45, 2.75) is 13.5 Å². The molecule has 132 valence electrons. The number of aryl methyl sites for hydroxylation is 1. The van der Waals surface area contributed by atoms with Crippen molar-refractivity contribution in [1.82, 2.24) is 14.8 Å². The quantitative estimate of drug-likeness (QED) is 0.761. The molecular weight excluding hydrogens is 361 g/mol. The topological polar surface area (TPSA) is 36.4 Å². The second-order valence-corrected chi connectivity index (χ2v) is 7.40. The molecule has 0 aliphatic carbocycles. The van der Waals surface area contributed by atoms with Crippen LogP contribution in [0.4, 0.5) is 4.39 Å². The van der Waals surface area contributed by atoms with Crippen LogP contribution in [0, 0.1) is 12.7 Å². The number of aromatic nitrogens is 1. The zero-order chi connectivity index (χ0) is 17.8. The third kappa shape index (κ3) is 4.66. The van der Waals surface area contributed by atoms with Crippen LogP contribution < -0.4 is 0 Å².